The standard InChI is InChI=1S/C16H18N2O3S/c19-15(20)16-5-1-3-11(16)8-18(10-16)9-12-7-13(21-17-12)14-4-2-6-22-14/h2,4,6-7,11H,1,3,5,8-10H2,(H,19,20)/t11-,16+/m0/s1. The lowest BCUT2D eigenvalue weighted by atomic mass is 9.81. The number of carboxylic acid groups (broad SMARTS) is 1. The molecule has 2 aromatic rings. The molecule has 2 aromatic heterocycles. The molecule has 3 heterocycles. The molecule has 0 amide bonds. The summed E-state index contributed by atoms with van der Waals surface area (Å²) in [6, 6.07) is 5.96. The van der Waals surface area contributed by atoms with E-state index in [1.54, 1.807) is 11.3 Å². The highest BCUT2D eigenvalue weighted by Crippen LogP contribution is 2.49. The van der Waals surface area contributed by atoms with Crippen LogP contribution in [0.15, 0.2) is 28.1 Å². The van der Waals surface area contributed by atoms with Gasteiger partial charge in [-0.1, -0.05) is 17.6 Å². The first-order valence-electron chi connectivity index (χ1n) is 7.63. The maximum atomic E-state index is 11.7. The molecule has 1 saturated carbocycles. The zero-order chi connectivity index (χ0) is 15.2. The van der Waals surface area contributed by atoms with E-state index < -0.39 is 11.4 Å². The van der Waals surface area contributed by atoms with E-state index in [1.807, 2.05) is 23.6 Å². The van der Waals surface area contributed by atoms with Gasteiger partial charge in [0.25, 0.3) is 0 Å². The predicted molar refractivity (Wildman–Crippen MR) is 82.5 cm³/mol. The first kappa shape index (κ1) is 14.0. The number of thiophene rings is 1. The van der Waals surface area contributed by atoms with E-state index in [0.29, 0.717) is 13.1 Å². The Morgan fingerprint density at radius 1 is 1.59 bits per heavy atom. The summed E-state index contributed by atoms with van der Waals surface area (Å²) in [6.45, 7) is 2.15. The van der Waals surface area contributed by atoms with Crippen molar-refractivity contribution in [3.63, 3.8) is 0 Å². The van der Waals surface area contributed by atoms with E-state index in [4.69, 9.17) is 4.52 Å². The van der Waals surface area contributed by atoms with Crippen LogP contribution in [0.5, 0.6) is 0 Å². The summed E-state index contributed by atoms with van der Waals surface area (Å²) in [5.74, 6) is 0.447. The average molecular weight is 318 g/mol. The van der Waals surface area contributed by atoms with Crippen LogP contribution in [0.2, 0.25) is 0 Å². The molecule has 0 spiro atoms. The summed E-state index contributed by atoms with van der Waals surface area (Å²) in [6.07, 6.45) is 2.88. The van der Waals surface area contributed by atoms with Gasteiger partial charge in [-0.05, 0) is 30.2 Å². The zero-order valence-corrected chi connectivity index (χ0v) is 13.0. The van der Waals surface area contributed by atoms with Gasteiger partial charge in [-0.3, -0.25) is 9.69 Å². The van der Waals surface area contributed by atoms with Gasteiger partial charge < -0.3 is 9.63 Å². The molecule has 2 fully saturated rings. The Hall–Kier alpha value is -1.66. The molecular formula is C16H18N2O3S. The topological polar surface area (TPSA) is 66.6 Å². The second-order valence-electron chi connectivity index (χ2n) is 6.38. The van der Waals surface area contributed by atoms with Crippen molar-refractivity contribution in [2.45, 2.75) is 25.8 Å². The normalized spacial score (nSPS) is 28.1. The lowest BCUT2D eigenvalue weighted by Crippen LogP contribution is -2.35. The number of likely N-dealkylation sites (tertiary alicyclic amines) is 1. The third-order valence-corrected chi connectivity index (χ3v) is 5.96. The molecule has 1 saturated heterocycles. The third kappa shape index (κ3) is 2.18. The van der Waals surface area contributed by atoms with Crippen LogP contribution in [0.3, 0.4) is 0 Å². The Kier molecular flexibility index (Phi) is 3.31. The van der Waals surface area contributed by atoms with Gasteiger partial charge in [-0.15, -0.1) is 11.3 Å². The minimum atomic E-state index is -0.628. The van der Waals surface area contributed by atoms with E-state index in [0.717, 1.165) is 42.1 Å². The van der Waals surface area contributed by atoms with Crippen LogP contribution in [0, 0.1) is 11.3 Å². The van der Waals surface area contributed by atoms with Crippen molar-refractivity contribution in [2.75, 3.05) is 13.1 Å². The third-order valence-electron chi connectivity index (χ3n) is 5.08. The maximum Gasteiger partial charge on any atom is 0.311 e. The highest BCUT2D eigenvalue weighted by molar-refractivity contribution is 7.13. The maximum absolute atomic E-state index is 11.7. The molecule has 5 nitrogen and oxygen atoms in total. The molecular weight excluding hydrogens is 300 g/mol. The van der Waals surface area contributed by atoms with Crippen LogP contribution in [0.25, 0.3) is 10.6 Å². The lowest BCUT2D eigenvalue weighted by Gasteiger charge is -2.23. The van der Waals surface area contributed by atoms with Gasteiger partial charge in [0.2, 0.25) is 0 Å². The van der Waals surface area contributed by atoms with Crippen molar-refractivity contribution in [3.05, 3.63) is 29.3 Å². The molecule has 2 atom stereocenters. The average Bonchev–Trinajstić information content (AvgIpc) is 3.22. The quantitative estimate of drug-likeness (QED) is 0.938. The van der Waals surface area contributed by atoms with Crippen LogP contribution < -0.4 is 0 Å². The van der Waals surface area contributed by atoms with Crippen molar-refractivity contribution < 1.29 is 14.4 Å². The van der Waals surface area contributed by atoms with Gasteiger partial charge in [-0.25, -0.2) is 0 Å². The molecule has 0 radical (unpaired) electrons. The van der Waals surface area contributed by atoms with Crippen molar-refractivity contribution in [2.24, 2.45) is 11.3 Å². The lowest BCUT2D eigenvalue weighted by molar-refractivity contribution is -0.149. The van der Waals surface area contributed by atoms with Crippen LogP contribution in [-0.2, 0) is 11.3 Å². The number of carbonyl (C=O) groups is 1. The monoisotopic (exact) mass is 318 g/mol. The minimum absolute atomic E-state index is 0.286. The Balaban J connectivity index is 1.48. The summed E-state index contributed by atoms with van der Waals surface area (Å²) in [5, 5.41) is 15.8. The summed E-state index contributed by atoms with van der Waals surface area (Å²) in [7, 11) is 0. The summed E-state index contributed by atoms with van der Waals surface area (Å²) >= 11 is 1.62. The number of fused-ring (bicyclic) bond motifs is 1. The molecule has 1 N–H and O–H groups in total. The molecule has 116 valence electrons. The van der Waals surface area contributed by atoms with E-state index >= 15 is 0 Å². The van der Waals surface area contributed by atoms with Crippen LogP contribution in [-0.4, -0.2) is 34.2 Å². The van der Waals surface area contributed by atoms with Crippen molar-refractivity contribution in [1.82, 2.24) is 10.1 Å². The number of aliphatic carboxylic acids is 1. The largest absolute Gasteiger partial charge is 0.481 e. The van der Waals surface area contributed by atoms with E-state index in [-0.39, 0.29) is 5.92 Å². The number of rotatable bonds is 4. The summed E-state index contributed by atoms with van der Waals surface area (Å²) in [4.78, 5) is 15.0. The van der Waals surface area contributed by atoms with E-state index in [1.165, 1.54) is 0 Å². The van der Waals surface area contributed by atoms with Crippen molar-refractivity contribution in [3.8, 4) is 10.6 Å². The Morgan fingerprint density at radius 2 is 2.50 bits per heavy atom. The molecule has 4 rings (SSSR count). The molecule has 0 unspecified atom stereocenters. The summed E-state index contributed by atoms with van der Waals surface area (Å²) in [5.41, 5.74) is 0.351. The number of hydrogen-bond acceptors (Lipinski definition) is 5. The van der Waals surface area contributed by atoms with Crippen molar-refractivity contribution in [1.29, 1.82) is 0 Å². The number of nitrogens with zero attached hydrogens (tertiary/aromatic N) is 2. The van der Waals surface area contributed by atoms with Gasteiger partial charge in [0.1, 0.15) is 0 Å². The van der Waals surface area contributed by atoms with Crippen LogP contribution in [0.1, 0.15) is 25.0 Å². The fraction of sp³-hybridized carbons (Fsp3) is 0.500. The second kappa shape index (κ2) is 5.21. The van der Waals surface area contributed by atoms with Gasteiger partial charge in [-0.2, -0.15) is 0 Å². The molecule has 1 aliphatic carbocycles. The fourth-order valence-corrected chi connectivity index (χ4v) is 4.69. The van der Waals surface area contributed by atoms with E-state index in [2.05, 4.69) is 10.1 Å². The van der Waals surface area contributed by atoms with Gasteiger partial charge in [0.15, 0.2) is 5.76 Å². The summed E-state index contributed by atoms with van der Waals surface area (Å²) < 4.78 is 5.40. The first-order chi connectivity index (χ1) is 10.7. The molecule has 2 aliphatic rings. The SMILES string of the molecule is O=C(O)[C@@]12CCC[C@H]1CN(Cc1cc(-c3cccs3)on1)C2. The van der Waals surface area contributed by atoms with Gasteiger partial charge in [0, 0.05) is 25.7 Å². The Bertz CT molecular complexity index is 681. The minimum Gasteiger partial charge on any atom is -0.481 e. The highest BCUT2D eigenvalue weighted by Gasteiger charge is 2.54. The highest BCUT2D eigenvalue weighted by atomic mass is 32.1. The number of hydrogen-bond donors (Lipinski definition) is 1. The Labute approximate surface area is 132 Å². The Morgan fingerprint density at radius 3 is 3.23 bits per heavy atom. The van der Waals surface area contributed by atoms with E-state index in [9.17, 15) is 9.90 Å². The molecule has 0 bridgehead atoms. The second-order valence-corrected chi connectivity index (χ2v) is 7.33. The molecule has 1 aliphatic heterocycles. The van der Waals surface area contributed by atoms with Crippen molar-refractivity contribution >= 4 is 17.3 Å². The first-order valence-corrected chi connectivity index (χ1v) is 8.50. The van der Waals surface area contributed by atoms with Gasteiger partial charge in [0.05, 0.1) is 16.0 Å². The van der Waals surface area contributed by atoms with Crippen LogP contribution >= 0.6 is 11.3 Å². The molecule has 22 heavy (non-hydrogen) atoms. The number of carboxylic acids is 1. The molecule has 6 heteroatoms. The predicted octanol–water partition coefficient (Wildman–Crippen LogP) is 3.09. The number of aromatic nitrogens is 1. The smallest absolute Gasteiger partial charge is 0.311 e. The molecule has 0 aromatic carbocycles. The zero-order valence-electron chi connectivity index (χ0n) is 12.2. The fourth-order valence-electron chi connectivity index (χ4n) is 4.01. The van der Waals surface area contributed by atoms with Crippen LogP contribution in [0.4, 0.5) is 0 Å². The van der Waals surface area contributed by atoms with Gasteiger partial charge >= 0.3 is 5.97 Å².